The SMILES string of the molecule is Cn1c(NCC2CCN(Cc3ccccc3)C2)cc(-c2ccncc2)cc1=O. The predicted molar refractivity (Wildman–Crippen MR) is 113 cm³/mol. The highest BCUT2D eigenvalue weighted by atomic mass is 16.1. The fourth-order valence-electron chi connectivity index (χ4n) is 3.83. The molecular weight excluding hydrogens is 348 g/mol. The fraction of sp³-hybridized carbons (Fsp3) is 0.304. The van der Waals surface area contributed by atoms with E-state index in [1.807, 2.05) is 25.2 Å². The minimum absolute atomic E-state index is 0.00561. The first kappa shape index (κ1) is 18.4. The normalized spacial score (nSPS) is 17.0. The highest BCUT2D eigenvalue weighted by Gasteiger charge is 2.22. The van der Waals surface area contributed by atoms with E-state index in [0.717, 1.165) is 43.1 Å². The molecule has 3 aromatic rings. The van der Waals surface area contributed by atoms with E-state index in [0.29, 0.717) is 5.92 Å². The summed E-state index contributed by atoms with van der Waals surface area (Å²) in [6, 6.07) is 18.2. The summed E-state index contributed by atoms with van der Waals surface area (Å²) in [6.45, 7) is 4.09. The van der Waals surface area contributed by atoms with Gasteiger partial charge in [0.25, 0.3) is 5.56 Å². The van der Waals surface area contributed by atoms with Gasteiger partial charge in [0.15, 0.2) is 0 Å². The summed E-state index contributed by atoms with van der Waals surface area (Å²) in [6.07, 6.45) is 4.68. The van der Waals surface area contributed by atoms with Crippen LogP contribution >= 0.6 is 0 Å². The maximum Gasteiger partial charge on any atom is 0.252 e. The number of pyridine rings is 2. The van der Waals surface area contributed by atoms with Gasteiger partial charge in [0.1, 0.15) is 5.82 Å². The third kappa shape index (κ3) is 4.31. The molecule has 5 nitrogen and oxygen atoms in total. The molecule has 1 atom stereocenters. The zero-order chi connectivity index (χ0) is 19.3. The molecule has 0 spiro atoms. The van der Waals surface area contributed by atoms with Crippen LogP contribution in [0.4, 0.5) is 5.82 Å². The summed E-state index contributed by atoms with van der Waals surface area (Å²) < 4.78 is 1.68. The van der Waals surface area contributed by atoms with Gasteiger partial charge in [-0.05, 0) is 53.8 Å². The maximum atomic E-state index is 12.4. The van der Waals surface area contributed by atoms with E-state index in [4.69, 9.17) is 0 Å². The monoisotopic (exact) mass is 374 g/mol. The predicted octanol–water partition coefficient (Wildman–Crippen LogP) is 3.38. The summed E-state index contributed by atoms with van der Waals surface area (Å²) in [7, 11) is 1.82. The van der Waals surface area contributed by atoms with Gasteiger partial charge in [-0.2, -0.15) is 0 Å². The average Bonchev–Trinajstić information content (AvgIpc) is 3.17. The topological polar surface area (TPSA) is 50.2 Å². The Morgan fingerprint density at radius 2 is 1.86 bits per heavy atom. The summed E-state index contributed by atoms with van der Waals surface area (Å²) in [5.74, 6) is 1.45. The van der Waals surface area contributed by atoms with Crippen LogP contribution in [0.1, 0.15) is 12.0 Å². The third-order valence-corrected chi connectivity index (χ3v) is 5.47. The van der Waals surface area contributed by atoms with Crippen LogP contribution in [0.5, 0.6) is 0 Å². The van der Waals surface area contributed by atoms with Crippen molar-refractivity contribution < 1.29 is 0 Å². The number of nitrogens with zero attached hydrogens (tertiary/aromatic N) is 3. The van der Waals surface area contributed by atoms with Crippen LogP contribution < -0.4 is 10.9 Å². The van der Waals surface area contributed by atoms with E-state index in [1.54, 1.807) is 23.0 Å². The largest absolute Gasteiger partial charge is 0.371 e. The molecule has 1 N–H and O–H groups in total. The van der Waals surface area contributed by atoms with Crippen molar-refractivity contribution in [2.45, 2.75) is 13.0 Å². The Morgan fingerprint density at radius 3 is 2.64 bits per heavy atom. The van der Waals surface area contributed by atoms with Crippen LogP contribution in [0.2, 0.25) is 0 Å². The van der Waals surface area contributed by atoms with E-state index < -0.39 is 0 Å². The summed E-state index contributed by atoms with van der Waals surface area (Å²) in [4.78, 5) is 18.9. The molecule has 144 valence electrons. The molecule has 1 aliphatic heterocycles. The average molecular weight is 374 g/mol. The molecule has 0 saturated carbocycles. The van der Waals surface area contributed by atoms with Crippen LogP contribution in [-0.4, -0.2) is 34.1 Å². The lowest BCUT2D eigenvalue weighted by atomic mass is 10.1. The van der Waals surface area contributed by atoms with Gasteiger partial charge < -0.3 is 5.32 Å². The van der Waals surface area contributed by atoms with E-state index in [2.05, 4.69) is 45.5 Å². The second-order valence-corrected chi connectivity index (χ2v) is 7.52. The van der Waals surface area contributed by atoms with Gasteiger partial charge in [-0.15, -0.1) is 0 Å². The Morgan fingerprint density at radius 1 is 1.07 bits per heavy atom. The molecular formula is C23H26N4O. The van der Waals surface area contributed by atoms with Crippen LogP contribution in [0.25, 0.3) is 11.1 Å². The van der Waals surface area contributed by atoms with Crippen LogP contribution in [0, 0.1) is 5.92 Å². The van der Waals surface area contributed by atoms with Crippen LogP contribution in [0.15, 0.2) is 71.8 Å². The quantitative estimate of drug-likeness (QED) is 0.719. The lowest BCUT2D eigenvalue weighted by Gasteiger charge is -2.18. The van der Waals surface area contributed by atoms with E-state index >= 15 is 0 Å². The first-order valence-electron chi connectivity index (χ1n) is 9.80. The van der Waals surface area contributed by atoms with Crippen molar-refractivity contribution in [1.82, 2.24) is 14.5 Å². The molecule has 1 aromatic carbocycles. The molecule has 1 fully saturated rings. The van der Waals surface area contributed by atoms with Crippen molar-refractivity contribution in [2.24, 2.45) is 13.0 Å². The Bertz CT molecular complexity index is 969. The second kappa shape index (κ2) is 8.40. The molecule has 0 bridgehead atoms. The Balaban J connectivity index is 1.40. The molecule has 0 amide bonds. The molecule has 0 aliphatic carbocycles. The summed E-state index contributed by atoms with van der Waals surface area (Å²) >= 11 is 0. The molecule has 28 heavy (non-hydrogen) atoms. The lowest BCUT2D eigenvalue weighted by molar-refractivity contribution is 0.319. The first-order valence-corrected chi connectivity index (χ1v) is 9.80. The zero-order valence-electron chi connectivity index (χ0n) is 16.2. The molecule has 1 saturated heterocycles. The van der Waals surface area contributed by atoms with E-state index in [1.165, 1.54) is 12.0 Å². The Kier molecular flexibility index (Phi) is 5.53. The smallest absolute Gasteiger partial charge is 0.252 e. The van der Waals surface area contributed by atoms with Crippen molar-refractivity contribution in [3.05, 3.63) is 82.9 Å². The number of likely N-dealkylation sites (tertiary alicyclic amines) is 1. The minimum Gasteiger partial charge on any atom is -0.371 e. The van der Waals surface area contributed by atoms with Crippen molar-refractivity contribution in [1.29, 1.82) is 0 Å². The standard InChI is InChI=1S/C23H26N4O/c1-26-22(13-21(14-23(26)28)20-7-10-24-11-8-20)25-15-19-9-12-27(17-19)16-18-5-3-2-4-6-18/h2-8,10-11,13-14,19,25H,9,12,15-17H2,1H3. The fourth-order valence-corrected chi connectivity index (χ4v) is 3.83. The Hall–Kier alpha value is -2.92. The van der Waals surface area contributed by atoms with Crippen LogP contribution in [-0.2, 0) is 13.6 Å². The number of anilines is 1. The van der Waals surface area contributed by atoms with Gasteiger partial charge in [-0.1, -0.05) is 30.3 Å². The number of benzene rings is 1. The van der Waals surface area contributed by atoms with Crippen molar-refractivity contribution >= 4 is 5.82 Å². The number of hydrogen-bond acceptors (Lipinski definition) is 4. The van der Waals surface area contributed by atoms with Gasteiger partial charge in [0.05, 0.1) is 0 Å². The highest BCUT2D eigenvalue weighted by molar-refractivity contribution is 5.65. The van der Waals surface area contributed by atoms with E-state index in [9.17, 15) is 4.79 Å². The number of nitrogens with one attached hydrogen (secondary N) is 1. The van der Waals surface area contributed by atoms with Crippen molar-refractivity contribution in [2.75, 3.05) is 25.0 Å². The summed E-state index contributed by atoms with van der Waals surface area (Å²) in [5.41, 5.74) is 3.29. The van der Waals surface area contributed by atoms with Gasteiger partial charge >= 0.3 is 0 Å². The molecule has 4 rings (SSSR count). The molecule has 1 aliphatic rings. The van der Waals surface area contributed by atoms with Crippen molar-refractivity contribution in [3.63, 3.8) is 0 Å². The molecule has 5 heteroatoms. The molecule has 3 heterocycles. The molecule has 2 aromatic heterocycles. The first-order chi connectivity index (χ1) is 13.7. The number of rotatable bonds is 6. The van der Waals surface area contributed by atoms with E-state index in [-0.39, 0.29) is 5.56 Å². The van der Waals surface area contributed by atoms with Gasteiger partial charge in [0.2, 0.25) is 0 Å². The number of aromatic nitrogens is 2. The Labute approximate surface area is 165 Å². The van der Waals surface area contributed by atoms with Crippen molar-refractivity contribution in [3.8, 4) is 11.1 Å². The minimum atomic E-state index is -0.00561. The lowest BCUT2D eigenvalue weighted by Crippen LogP contribution is -2.25. The molecule has 1 unspecified atom stereocenters. The third-order valence-electron chi connectivity index (χ3n) is 5.47. The maximum absolute atomic E-state index is 12.4. The summed E-state index contributed by atoms with van der Waals surface area (Å²) in [5, 5.41) is 3.51. The second-order valence-electron chi connectivity index (χ2n) is 7.52. The van der Waals surface area contributed by atoms with Crippen LogP contribution in [0.3, 0.4) is 0 Å². The molecule has 0 radical (unpaired) electrons. The van der Waals surface area contributed by atoms with Gasteiger partial charge in [-0.25, -0.2) is 0 Å². The highest BCUT2D eigenvalue weighted by Crippen LogP contribution is 2.22. The zero-order valence-corrected chi connectivity index (χ0v) is 16.2. The van der Waals surface area contributed by atoms with Gasteiger partial charge in [-0.3, -0.25) is 19.2 Å². The van der Waals surface area contributed by atoms with Gasteiger partial charge in [0, 0.05) is 45.1 Å². The number of hydrogen-bond donors (Lipinski definition) is 1.